The van der Waals surface area contributed by atoms with E-state index in [1.807, 2.05) is 6.07 Å². The highest BCUT2D eigenvalue weighted by molar-refractivity contribution is 6.31. The van der Waals surface area contributed by atoms with E-state index in [1.165, 1.54) is 13.4 Å². The molecule has 1 aliphatic heterocycles. The molecule has 5 heteroatoms. The summed E-state index contributed by atoms with van der Waals surface area (Å²) in [4.78, 5) is 23.7. The number of carbonyl (C=O) groups excluding carboxylic acids is 2. The Morgan fingerprint density at radius 2 is 2.00 bits per heavy atom. The van der Waals surface area contributed by atoms with Crippen LogP contribution in [0.3, 0.4) is 0 Å². The Bertz CT molecular complexity index is 713. The number of hydrogen-bond donors (Lipinski definition) is 1. The quantitative estimate of drug-likeness (QED) is 0.515. The lowest BCUT2D eigenvalue weighted by Gasteiger charge is -2.18. The van der Waals surface area contributed by atoms with Crippen LogP contribution in [-0.2, 0) is 9.53 Å². The predicted molar refractivity (Wildman–Crippen MR) is 71.6 cm³/mol. The minimum Gasteiger partial charge on any atom is -0.504 e. The molecule has 0 saturated carbocycles. The van der Waals surface area contributed by atoms with Crippen LogP contribution in [0.4, 0.5) is 0 Å². The van der Waals surface area contributed by atoms with Gasteiger partial charge in [-0.3, -0.25) is 14.9 Å². The fourth-order valence-electron chi connectivity index (χ4n) is 2.16. The molecule has 0 saturated heterocycles. The highest BCUT2D eigenvalue weighted by atomic mass is 16.5. The summed E-state index contributed by atoms with van der Waals surface area (Å²) in [6, 6.07) is 8.77. The molecule has 0 unspecified atom stereocenters. The van der Waals surface area contributed by atoms with Crippen LogP contribution in [0.2, 0.25) is 0 Å². The summed E-state index contributed by atoms with van der Waals surface area (Å²) in [7, 11) is 1.45. The van der Waals surface area contributed by atoms with Crippen molar-refractivity contribution in [2.45, 2.75) is 0 Å². The van der Waals surface area contributed by atoms with Crippen molar-refractivity contribution < 1.29 is 18.7 Å². The molecule has 2 aromatic rings. The maximum atomic E-state index is 11.9. The molecule has 0 atom stereocenters. The van der Waals surface area contributed by atoms with Gasteiger partial charge in [-0.1, -0.05) is 6.07 Å². The molecule has 3 rings (SSSR count). The van der Waals surface area contributed by atoms with E-state index in [4.69, 9.17) is 9.15 Å². The molecule has 0 spiro atoms. The van der Waals surface area contributed by atoms with Gasteiger partial charge in [0.05, 0.1) is 25.2 Å². The maximum absolute atomic E-state index is 11.9. The minimum absolute atomic E-state index is 0.315. The van der Waals surface area contributed by atoms with Gasteiger partial charge in [0.15, 0.2) is 0 Å². The molecule has 0 bridgehead atoms. The molecular weight excluding hydrogens is 258 g/mol. The molecule has 0 fully saturated rings. The van der Waals surface area contributed by atoms with Gasteiger partial charge in [-0.2, -0.15) is 0 Å². The van der Waals surface area contributed by atoms with Crippen molar-refractivity contribution in [3.63, 3.8) is 0 Å². The average molecular weight is 269 g/mol. The largest absolute Gasteiger partial charge is 0.504 e. The second-order valence-corrected chi connectivity index (χ2v) is 4.29. The number of hydrogen-bond acceptors (Lipinski definition) is 4. The van der Waals surface area contributed by atoms with E-state index in [2.05, 4.69) is 5.32 Å². The lowest BCUT2D eigenvalue weighted by Crippen LogP contribution is -2.36. The Balaban J connectivity index is 2.19. The summed E-state index contributed by atoms with van der Waals surface area (Å²) in [5, 5.41) is 2.28. The molecule has 0 radical (unpaired) electrons. The number of carbonyl (C=O) groups is 2. The third kappa shape index (κ3) is 1.89. The summed E-state index contributed by atoms with van der Waals surface area (Å²) >= 11 is 0. The molecule has 0 aliphatic carbocycles. The minimum atomic E-state index is -0.471. The first-order chi connectivity index (χ1) is 9.70. The van der Waals surface area contributed by atoms with Crippen LogP contribution >= 0.6 is 0 Å². The van der Waals surface area contributed by atoms with Crippen LogP contribution in [-0.4, -0.2) is 18.9 Å². The van der Waals surface area contributed by atoms with Gasteiger partial charge < -0.3 is 9.15 Å². The first-order valence-corrected chi connectivity index (χ1v) is 5.97. The third-order valence-electron chi connectivity index (χ3n) is 3.07. The van der Waals surface area contributed by atoms with Crippen molar-refractivity contribution in [3.8, 4) is 11.3 Å². The molecule has 2 amide bonds. The Hall–Kier alpha value is -2.82. The number of amides is 2. The van der Waals surface area contributed by atoms with E-state index < -0.39 is 11.8 Å². The van der Waals surface area contributed by atoms with Gasteiger partial charge in [0, 0.05) is 16.7 Å². The Labute approximate surface area is 114 Å². The summed E-state index contributed by atoms with van der Waals surface area (Å²) in [6.07, 6.45) is 2.89. The number of methoxy groups -OCH3 is 1. The van der Waals surface area contributed by atoms with E-state index in [0.29, 0.717) is 22.5 Å². The lowest BCUT2D eigenvalue weighted by atomic mass is 9.93. The number of imide groups is 1. The molecular formula is C15H11NO4. The Morgan fingerprint density at radius 1 is 1.15 bits per heavy atom. The van der Waals surface area contributed by atoms with Crippen LogP contribution in [0.1, 0.15) is 15.9 Å². The zero-order valence-electron chi connectivity index (χ0n) is 10.7. The Morgan fingerprint density at radius 3 is 2.70 bits per heavy atom. The van der Waals surface area contributed by atoms with Gasteiger partial charge >= 0.3 is 0 Å². The molecule has 1 aromatic carbocycles. The number of fused-ring (bicyclic) bond motifs is 1. The second kappa shape index (κ2) is 4.70. The smallest absolute Gasteiger partial charge is 0.261 e. The molecule has 100 valence electrons. The molecule has 5 nitrogen and oxygen atoms in total. The first kappa shape index (κ1) is 12.2. The van der Waals surface area contributed by atoms with E-state index >= 15 is 0 Å². The number of rotatable bonds is 2. The van der Waals surface area contributed by atoms with Crippen LogP contribution in [0.15, 0.2) is 47.3 Å². The summed E-state index contributed by atoms with van der Waals surface area (Å²) < 4.78 is 10.2. The summed E-state index contributed by atoms with van der Waals surface area (Å²) in [5.41, 5.74) is 2.08. The second-order valence-electron chi connectivity index (χ2n) is 4.29. The predicted octanol–water partition coefficient (Wildman–Crippen LogP) is 2.20. The standard InChI is InChI=1S/C15H11NO4/c1-19-8-12-11-7-9(13-3-2-6-20-13)4-5-10(11)14(17)16-15(12)18/h2-8H,1H3,(H,16,17,18). The van der Waals surface area contributed by atoms with Crippen molar-refractivity contribution in [2.24, 2.45) is 0 Å². The van der Waals surface area contributed by atoms with Crippen molar-refractivity contribution in [2.75, 3.05) is 7.11 Å². The van der Waals surface area contributed by atoms with Gasteiger partial charge in [0.2, 0.25) is 0 Å². The van der Waals surface area contributed by atoms with Crippen LogP contribution in [0, 0.1) is 0 Å². The monoisotopic (exact) mass is 269 g/mol. The lowest BCUT2D eigenvalue weighted by molar-refractivity contribution is -0.114. The topological polar surface area (TPSA) is 68.5 Å². The van der Waals surface area contributed by atoms with Gasteiger partial charge in [-0.15, -0.1) is 0 Å². The Kier molecular flexibility index (Phi) is 2.87. The van der Waals surface area contributed by atoms with E-state index in [0.717, 1.165) is 5.56 Å². The summed E-state index contributed by atoms with van der Waals surface area (Å²) in [5.74, 6) is -0.215. The molecule has 1 aromatic heterocycles. The number of nitrogens with one attached hydrogen (secondary N) is 1. The zero-order valence-corrected chi connectivity index (χ0v) is 10.7. The molecule has 20 heavy (non-hydrogen) atoms. The number of furan rings is 1. The summed E-state index contributed by atoms with van der Waals surface area (Å²) in [6.45, 7) is 0. The SMILES string of the molecule is COC=C1C(=O)NC(=O)c2ccc(-c3ccco3)cc21. The molecule has 1 aliphatic rings. The van der Waals surface area contributed by atoms with Crippen LogP contribution in [0.25, 0.3) is 16.9 Å². The average Bonchev–Trinajstić information content (AvgIpc) is 2.97. The maximum Gasteiger partial charge on any atom is 0.261 e. The van der Waals surface area contributed by atoms with Gasteiger partial charge in [-0.05, 0) is 24.3 Å². The van der Waals surface area contributed by atoms with Crippen molar-refractivity contribution >= 4 is 17.4 Å². The van der Waals surface area contributed by atoms with Gasteiger partial charge in [0.1, 0.15) is 5.76 Å². The molecule has 2 heterocycles. The van der Waals surface area contributed by atoms with E-state index in [-0.39, 0.29) is 0 Å². The van der Waals surface area contributed by atoms with E-state index in [1.54, 1.807) is 30.5 Å². The van der Waals surface area contributed by atoms with Crippen molar-refractivity contribution in [1.29, 1.82) is 0 Å². The first-order valence-electron chi connectivity index (χ1n) is 5.97. The normalized spacial score (nSPS) is 15.9. The van der Waals surface area contributed by atoms with Crippen molar-refractivity contribution in [1.82, 2.24) is 5.32 Å². The fraction of sp³-hybridized carbons (Fsp3) is 0.0667. The molecule has 1 N–H and O–H groups in total. The van der Waals surface area contributed by atoms with E-state index in [9.17, 15) is 9.59 Å². The van der Waals surface area contributed by atoms with Crippen LogP contribution < -0.4 is 5.32 Å². The highest BCUT2D eigenvalue weighted by Gasteiger charge is 2.28. The van der Waals surface area contributed by atoms with Crippen molar-refractivity contribution in [3.05, 3.63) is 54.0 Å². The van der Waals surface area contributed by atoms with Gasteiger partial charge in [-0.25, -0.2) is 0 Å². The number of benzene rings is 1. The third-order valence-corrected chi connectivity index (χ3v) is 3.07. The van der Waals surface area contributed by atoms with Crippen LogP contribution in [0.5, 0.6) is 0 Å². The van der Waals surface area contributed by atoms with Gasteiger partial charge in [0.25, 0.3) is 11.8 Å². The zero-order chi connectivity index (χ0) is 14.1. The highest BCUT2D eigenvalue weighted by Crippen LogP contribution is 2.29. The number of ether oxygens (including phenoxy) is 1. The fourth-order valence-corrected chi connectivity index (χ4v) is 2.16.